The van der Waals surface area contributed by atoms with Gasteiger partial charge >= 0.3 is 0 Å². The Morgan fingerprint density at radius 1 is 1.25 bits per heavy atom. The molecule has 102 valence electrons. The molecule has 1 aliphatic rings. The Bertz CT molecular complexity index is 651. The third kappa shape index (κ3) is 2.05. The average Bonchev–Trinajstić information content (AvgIpc) is 3.08. The molecule has 1 saturated heterocycles. The van der Waals surface area contributed by atoms with Crippen LogP contribution in [0.2, 0.25) is 0 Å². The first-order valence-corrected chi connectivity index (χ1v) is 6.35. The first-order valence-electron chi connectivity index (χ1n) is 6.35. The van der Waals surface area contributed by atoms with E-state index in [0.29, 0.717) is 6.54 Å². The van der Waals surface area contributed by atoms with E-state index in [-0.39, 0.29) is 12.3 Å². The highest BCUT2D eigenvalue weighted by Crippen LogP contribution is 2.29. The molecular weight excluding hydrogens is 256 g/mol. The van der Waals surface area contributed by atoms with Crippen LogP contribution in [-0.4, -0.2) is 28.1 Å². The van der Waals surface area contributed by atoms with E-state index in [1.807, 2.05) is 36.5 Å². The smallest absolute Gasteiger partial charge is 0.227 e. The number of rotatable bonds is 3. The lowest BCUT2D eigenvalue weighted by Crippen LogP contribution is -2.29. The molecule has 0 spiro atoms. The summed E-state index contributed by atoms with van der Waals surface area (Å²) < 4.78 is 1.69. The molecule has 2 amide bonds. The Morgan fingerprint density at radius 3 is 2.60 bits per heavy atom. The van der Waals surface area contributed by atoms with Crippen LogP contribution in [0.3, 0.4) is 0 Å². The number of benzene rings is 1. The van der Waals surface area contributed by atoms with Gasteiger partial charge in [-0.3, -0.25) is 9.59 Å². The molecule has 1 aromatic carbocycles. The molecule has 0 aliphatic carbocycles. The summed E-state index contributed by atoms with van der Waals surface area (Å²) in [5.74, 6) is -0.945. The normalized spacial score (nSPS) is 18.5. The molecule has 1 unspecified atom stereocenters. The number of anilines is 1. The van der Waals surface area contributed by atoms with Gasteiger partial charge in [0.05, 0.1) is 17.3 Å². The highest BCUT2D eigenvalue weighted by Gasteiger charge is 2.34. The number of hydrogen-bond donors (Lipinski definition) is 1. The zero-order valence-electron chi connectivity index (χ0n) is 10.8. The largest absolute Gasteiger partial charge is 0.369 e. The van der Waals surface area contributed by atoms with Crippen LogP contribution in [0.4, 0.5) is 5.69 Å². The number of aromatic nitrogens is 2. The van der Waals surface area contributed by atoms with Crippen LogP contribution in [0.1, 0.15) is 6.42 Å². The maximum atomic E-state index is 12.1. The maximum absolute atomic E-state index is 12.1. The van der Waals surface area contributed by atoms with Gasteiger partial charge in [0.2, 0.25) is 11.8 Å². The topological polar surface area (TPSA) is 81.2 Å². The minimum Gasteiger partial charge on any atom is -0.369 e. The summed E-state index contributed by atoms with van der Waals surface area (Å²) in [6.07, 6.45) is 3.66. The van der Waals surface area contributed by atoms with Gasteiger partial charge in [-0.15, -0.1) is 0 Å². The first-order chi connectivity index (χ1) is 9.66. The average molecular weight is 270 g/mol. The summed E-state index contributed by atoms with van der Waals surface area (Å²) in [4.78, 5) is 25.0. The van der Waals surface area contributed by atoms with Gasteiger partial charge in [-0.2, -0.15) is 5.10 Å². The zero-order valence-corrected chi connectivity index (χ0v) is 10.8. The second-order valence-electron chi connectivity index (χ2n) is 4.75. The van der Waals surface area contributed by atoms with Gasteiger partial charge in [-0.05, 0) is 18.2 Å². The summed E-state index contributed by atoms with van der Waals surface area (Å²) in [6.45, 7) is 0.326. The highest BCUT2D eigenvalue weighted by atomic mass is 16.2. The van der Waals surface area contributed by atoms with Crippen molar-refractivity contribution in [3.63, 3.8) is 0 Å². The number of nitrogens with zero attached hydrogens (tertiary/aromatic N) is 3. The third-order valence-electron chi connectivity index (χ3n) is 3.45. The molecule has 3 rings (SSSR count). The molecule has 0 bridgehead atoms. The van der Waals surface area contributed by atoms with Crippen molar-refractivity contribution in [1.29, 1.82) is 0 Å². The van der Waals surface area contributed by atoms with Crippen molar-refractivity contribution in [3.05, 3.63) is 42.7 Å². The minimum atomic E-state index is -0.433. The van der Waals surface area contributed by atoms with E-state index in [1.54, 1.807) is 15.8 Å². The monoisotopic (exact) mass is 270 g/mol. The van der Waals surface area contributed by atoms with E-state index in [9.17, 15) is 9.59 Å². The Kier molecular flexibility index (Phi) is 2.98. The summed E-state index contributed by atoms with van der Waals surface area (Å²) in [5.41, 5.74) is 6.84. The number of carbonyl (C=O) groups is 2. The fourth-order valence-corrected chi connectivity index (χ4v) is 2.43. The third-order valence-corrected chi connectivity index (χ3v) is 3.45. The molecule has 0 radical (unpaired) electrons. The lowest BCUT2D eigenvalue weighted by Gasteiger charge is -2.19. The van der Waals surface area contributed by atoms with Crippen LogP contribution >= 0.6 is 0 Å². The van der Waals surface area contributed by atoms with E-state index in [4.69, 9.17) is 5.73 Å². The van der Waals surface area contributed by atoms with E-state index in [0.717, 1.165) is 11.4 Å². The number of hydrogen-bond acceptors (Lipinski definition) is 3. The Hall–Kier alpha value is -2.63. The first kappa shape index (κ1) is 12.4. The van der Waals surface area contributed by atoms with Crippen LogP contribution in [0.15, 0.2) is 42.7 Å². The molecule has 6 heteroatoms. The van der Waals surface area contributed by atoms with Gasteiger partial charge in [0.15, 0.2) is 0 Å². The predicted octanol–water partition coefficient (Wildman–Crippen LogP) is 0.710. The van der Waals surface area contributed by atoms with Gasteiger partial charge < -0.3 is 10.6 Å². The minimum absolute atomic E-state index is 0.0894. The quantitative estimate of drug-likeness (QED) is 0.891. The van der Waals surface area contributed by atoms with E-state index >= 15 is 0 Å². The van der Waals surface area contributed by atoms with Crippen molar-refractivity contribution in [1.82, 2.24) is 9.78 Å². The number of amides is 2. The van der Waals surface area contributed by atoms with Gasteiger partial charge in [-0.1, -0.05) is 12.1 Å². The molecule has 2 aromatic rings. The van der Waals surface area contributed by atoms with Crippen LogP contribution < -0.4 is 10.6 Å². The predicted molar refractivity (Wildman–Crippen MR) is 73.2 cm³/mol. The van der Waals surface area contributed by atoms with Crippen molar-refractivity contribution < 1.29 is 9.59 Å². The Morgan fingerprint density at radius 2 is 2.00 bits per heavy atom. The van der Waals surface area contributed by atoms with E-state index in [1.165, 1.54) is 0 Å². The molecule has 1 fully saturated rings. The molecule has 2 heterocycles. The molecule has 1 aromatic heterocycles. The maximum Gasteiger partial charge on any atom is 0.227 e. The lowest BCUT2D eigenvalue weighted by atomic mass is 10.1. The van der Waals surface area contributed by atoms with Crippen molar-refractivity contribution >= 4 is 17.5 Å². The van der Waals surface area contributed by atoms with E-state index < -0.39 is 11.8 Å². The number of carbonyl (C=O) groups excluding carboxylic acids is 2. The van der Waals surface area contributed by atoms with Crippen LogP contribution in [0.25, 0.3) is 5.69 Å². The van der Waals surface area contributed by atoms with Gasteiger partial charge in [0, 0.05) is 25.4 Å². The summed E-state index contributed by atoms with van der Waals surface area (Å²) in [5, 5.41) is 4.18. The summed E-state index contributed by atoms with van der Waals surface area (Å²) in [6, 6.07) is 9.28. The molecule has 2 N–H and O–H groups in total. The van der Waals surface area contributed by atoms with Crippen molar-refractivity contribution in [3.8, 4) is 5.69 Å². The molecule has 1 atom stereocenters. The molecular formula is C14H14N4O2. The number of nitrogens with two attached hydrogens (primary N) is 1. The van der Waals surface area contributed by atoms with Gasteiger partial charge in [-0.25, -0.2) is 4.68 Å². The number of para-hydroxylation sites is 2. The van der Waals surface area contributed by atoms with Crippen LogP contribution in [-0.2, 0) is 9.59 Å². The van der Waals surface area contributed by atoms with Crippen molar-refractivity contribution in [2.45, 2.75) is 6.42 Å². The van der Waals surface area contributed by atoms with Crippen molar-refractivity contribution in [2.75, 3.05) is 11.4 Å². The van der Waals surface area contributed by atoms with E-state index in [2.05, 4.69) is 5.10 Å². The lowest BCUT2D eigenvalue weighted by molar-refractivity contribution is -0.123. The fourth-order valence-electron chi connectivity index (χ4n) is 2.43. The number of primary amides is 1. The summed E-state index contributed by atoms with van der Waals surface area (Å²) in [7, 11) is 0. The fraction of sp³-hybridized carbons (Fsp3) is 0.214. The molecule has 20 heavy (non-hydrogen) atoms. The van der Waals surface area contributed by atoms with Gasteiger partial charge in [0.25, 0.3) is 0 Å². The standard InChI is InChI=1S/C14H14N4O2/c15-14(20)10-8-13(19)17(9-10)11-4-1-2-5-12(11)18-7-3-6-16-18/h1-7,10H,8-9H2,(H2,15,20). The van der Waals surface area contributed by atoms with Gasteiger partial charge in [0.1, 0.15) is 0 Å². The molecule has 6 nitrogen and oxygen atoms in total. The Balaban J connectivity index is 1.99. The highest BCUT2D eigenvalue weighted by molar-refractivity contribution is 6.01. The zero-order chi connectivity index (χ0) is 14.1. The molecule has 1 aliphatic heterocycles. The second kappa shape index (κ2) is 4.80. The van der Waals surface area contributed by atoms with Crippen LogP contribution in [0.5, 0.6) is 0 Å². The van der Waals surface area contributed by atoms with Crippen molar-refractivity contribution in [2.24, 2.45) is 11.7 Å². The molecule has 0 saturated carbocycles. The second-order valence-corrected chi connectivity index (χ2v) is 4.75. The van der Waals surface area contributed by atoms with Crippen LogP contribution in [0, 0.1) is 5.92 Å². The summed E-state index contributed by atoms with van der Waals surface area (Å²) >= 11 is 0. The Labute approximate surface area is 115 Å². The SMILES string of the molecule is NC(=O)C1CC(=O)N(c2ccccc2-n2cccn2)C1.